The molecular weight excluding hydrogens is 516 g/mol. The number of carbonyl (C=O) groups excluding carboxylic acids is 2. The highest BCUT2D eigenvalue weighted by Gasteiger charge is 2.18. The monoisotopic (exact) mass is 548 g/mol. The van der Waals surface area contributed by atoms with Gasteiger partial charge in [-0.3, -0.25) is 20.4 Å². The highest BCUT2D eigenvalue weighted by molar-refractivity contribution is 7.81. The van der Waals surface area contributed by atoms with Gasteiger partial charge in [-0.25, -0.2) is 10.0 Å². The number of thiocarbonyl (C=S) groups is 2. The van der Waals surface area contributed by atoms with Gasteiger partial charge in [-0.2, -0.15) is 0 Å². The van der Waals surface area contributed by atoms with Crippen molar-refractivity contribution < 1.29 is 28.5 Å². The van der Waals surface area contributed by atoms with Gasteiger partial charge >= 0.3 is 0 Å². The van der Waals surface area contributed by atoms with E-state index in [1.165, 1.54) is 10.0 Å². The lowest BCUT2D eigenvalue weighted by molar-refractivity contribution is -0.133. The molecule has 10 nitrogen and oxygen atoms in total. The van der Waals surface area contributed by atoms with Crippen LogP contribution in [0.25, 0.3) is 0 Å². The van der Waals surface area contributed by atoms with Gasteiger partial charge in [-0.1, -0.05) is 24.4 Å². The summed E-state index contributed by atoms with van der Waals surface area (Å²) in [5.74, 6) is 1.47. The highest BCUT2D eigenvalue weighted by Crippen LogP contribution is 2.26. The number of benzene rings is 2. The molecule has 200 valence electrons. The third-order valence-electron chi connectivity index (χ3n) is 5.13. The minimum atomic E-state index is -0.495. The Morgan fingerprint density at radius 1 is 0.703 bits per heavy atom. The van der Waals surface area contributed by atoms with Crippen molar-refractivity contribution in [1.29, 1.82) is 0 Å². The van der Waals surface area contributed by atoms with Gasteiger partial charge in [-0.15, -0.1) is 0 Å². The second kappa shape index (κ2) is 14.4. The Bertz CT molecular complexity index is 1060. The summed E-state index contributed by atoms with van der Waals surface area (Å²) >= 11 is 11.1. The smallest absolute Gasteiger partial charge is 0.243 e. The maximum absolute atomic E-state index is 12.4. The van der Waals surface area contributed by atoms with Crippen LogP contribution >= 0.6 is 24.4 Å². The van der Waals surface area contributed by atoms with Gasteiger partial charge in [0.1, 0.15) is 29.4 Å². The Hall–Kier alpha value is -3.32. The molecule has 2 rings (SSSR count). The van der Waals surface area contributed by atoms with Crippen LogP contribution in [0.3, 0.4) is 0 Å². The minimum absolute atomic E-state index is 0.225. The van der Waals surface area contributed by atoms with Crippen LogP contribution in [0.15, 0.2) is 36.4 Å². The van der Waals surface area contributed by atoms with Gasteiger partial charge in [0, 0.05) is 35.0 Å². The average molecular weight is 549 g/mol. The van der Waals surface area contributed by atoms with Crippen LogP contribution in [0, 0.1) is 0 Å². The van der Waals surface area contributed by atoms with Gasteiger partial charge in [0.2, 0.25) is 11.8 Å². The summed E-state index contributed by atoms with van der Waals surface area (Å²) in [7, 11) is 9.53. The number of hydrogen-bond acceptors (Lipinski definition) is 10. The van der Waals surface area contributed by atoms with Crippen LogP contribution in [0.1, 0.15) is 17.5 Å². The number of rotatable bonds is 14. The molecule has 0 fully saturated rings. The van der Waals surface area contributed by atoms with E-state index >= 15 is 0 Å². The summed E-state index contributed by atoms with van der Waals surface area (Å²) in [6, 6.07) is 10.6. The first-order chi connectivity index (χ1) is 17.6. The highest BCUT2D eigenvalue weighted by atomic mass is 32.1. The first kappa shape index (κ1) is 29.9. The molecule has 0 unspecified atom stereocenters. The van der Waals surface area contributed by atoms with E-state index < -0.39 is 11.8 Å². The fraction of sp³-hybridized carbons (Fsp3) is 0.360. The molecule has 2 amide bonds. The summed E-state index contributed by atoms with van der Waals surface area (Å²) < 4.78 is 21.2. The molecule has 0 aliphatic rings. The van der Waals surface area contributed by atoms with E-state index in [0.717, 1.165) is 0 Å². The Labute approximate surface area is 227 Å². The Kier molecular flexibility index (Phi) is 11.7. The summed E-state index contributed by atoms with van der Waals surface area (Å²) in [5, 5.41) is 3.01. The van der Waals surface area contributed by atoms with Gasteiger partial charge in [0.25, 0.3) is 0 Å². The summed E-state index contributed by atoms with van der Waals surface area (Å²) in [4.78, 5) is 25.9. The molecule has 0 spiro atoms. The van der Waals surface area contributed by atoms with E-state index in [1.807, 2.05) is 0 Å². The van der Waals surface area contributed by atoms with Crippen LogP contribution in [0.5, 0.6) is 23.0 Å². The number of methoxy groups -OCH3 is 4. The predicted octanol–water partition coefficient (Wildman–Crippen LogP) is 2.17. The minimum Gasteiger partial charge on any atom is -0.497 e. The van der Waals surface area contributed by atoms with E-state index in [2.05, 4.69) is 10.9 Å². The second-order valence-corrected chi connectivity index (χ2v) is 8.92. The third-order valence-corrected chi connectivity index (χ3v) is 5.83. The molecule has 2 aromatic carbocycles. The lowest BCUT2D eigenvalue weighted by Gasteiger charge is -2.21. The maximum Gasteiger partial charge on any atom is 0.243 e. The van der Waals surface area contributed by atoms with Crippen LogP contribution in [-0.4, -0.2) is 87.2 Å². The number of ether oxygens (including phenoxy) is 4. The predicted molar refractivity (Wildman–Crippen MR) is 149 cm³/mol. The summed E-state index contributed by atoms with van der Waals surface area (Å²) in [5.41, 5.74) is 6.65. The molecule has 0 heterocycles. The normalized spacial score (nSPS) is 10.6. The van der Waals surface area contributed by atoms with Crippen LogP contribution in [0.4, 0.5) is 0 Å². The number of likely N-dealkylation sites (N-methyl/N-ethyl adjacent to an activating group) is 2. The molecule has 12 heteroatoms. The first-order valence-electron chi connectivity index (χ1n) is 11.1. The zero-order valence-electron chi connectivity index (χ0n) is 21.7. The zero-order valence-corrected chi connectivity index (χ0v) is 23.4. The maximum atomic E-state index is 12.4. The summed E-state index contributed by atoms with van der Waals surface area (Å²) in [6.07, 6.45) is -0.390. The number of carbonyl (C=O) groups is 2. The number of amides is 2. The van der Waals surface area contributed by atoms with Gasteiger partial charge in [-0.05, 0) is 36.4 Å². The van der Waals surface area contributed by atoms with Crippen LogP contribution in [-0.2, 0) is 9.59 Å². The van der Waals surface area contributed by atoms with E-state index in [-0.39, 0.29) is 19.5 Å². The molecule has 0 saturated heterocycles. The number of hydrazine groups is 2. The number of hydrogen-bond donors (Lipinski definition) is 2. The largest absolute Gasteiger partial charge is 0.497 e. The molecule has 2 N–H and O–H groups in total. The molecule has 0 aliphatic carbocycles. The van der Waals surface area contributed by atoms with Crippen molar-refractivity contribution in [2.24, 2.45) is 0 Å². The lowest BCUT2D eigenvalue weighted by atomic mass is 10.1. The van der Waals surface area contributed by atoms with Crippen molar-refractivity contribution in [2.75, 3.05) is 55.6 Å². The Morgan fingerprint density at radius 3 is 1.41 bits per heavy atom. The summed E-state index contributed by atoms with van der Waals surface area (Å²) in [6.45, 7) is 0.450. The Balaban J connectivity index is 1.87. The fourth-order valence-electron chi connectivity index (χ4n) is 3.39. The van der Waals surface area contributed by atoms with Crippen molar-refractivity contribution in [3.05, 3.63) is 47.5 Å². The molecule has 37 heavy (non-hydrogen) atoms. The zero-order chi connectivity index (χ0) is 27.5. The number of nitrogens with one attached hydrogen (secondary N) is 2. The second-order valence-electron chi connectivity index (χ2n) is 7.94. The van der Waals surface area contributed by atoms with E-state index in [1.54, 1.807) is 78.9 Å². The van der Waals surface area contributed by atoms with E-state index in [4.69, 9.17) is 43.4 Å². The molecular formula is C25H32N4O6S2. The Morgan fingerprint density at radius 2 is 1.08 bits per heavy atom. The quantitative estimate of drug-likeness (QED) is 0.158. The third kappa shape index (κ3) is 8.93. The van der Waals surface area contributed by atoms with Crippen molar-refractivity contribution >= 4 is 46.0 Å². The first-order valence-corrected chi connectivity index (χ1v) is 11.9. The topological polar surface area (TPSA) is 102 Å². The SMILES string of the molecule is COc1ccc(OC)c(C(=S)CN(C)NC(=O)CC(=O)NN(C)CC(=S)c2cc(OC)ccc2OC)c1. The standard InChI is InChI=1S/C25H32N4O6S2/c1-28(14-22(36)18-11-16(32-3)7-9-20(18)34-5)26-24(30)13-25(31)27-29(2)15-23(37)19-12-17(33-4)8-10-21(19)35-6/h7-12H,13-15H2,1-6H3,(H,26,30)(H,27,31). The van der Waals surface area contributed by atoms with Crippen molar-refractivity contribution in [3.63, 3.8) is 0 Å². The van der Waals surface area contributed by atoms with Crippen molar-refractivity contribution in [1.82, 2.24) is 20.9 Å². The molecule has 0 aliphatic heterocycles. The fourth-order valence-corrected chi connectivity index (χ4v) is 4.10. The molecule has 0 aromatic heterocycles. The molecule has 0 radical (unpaired) electrons. The lowest BCUT2D eigenvalue weighted by Crippen LogP contribution is -2.46. The van der Waals surface area contributed by atoms with E-state index in [0.29, 0.717) is 43.9 Å². The number of nitrogens with zero attached hydrogens (tertiary/aromatic N) is 2. The van der Waals surface area contributed by atoms with Gasteiger partial charge in [0.15, 0.2) is 0 Å². The van der Waals surface area contributed by atoms with E-state index in [9.17, 15) is 9.59 Å². The van der Waals surface area contributed by atoms with Crippen LogP contribution < -0.4 is 29.8 Å². The molecule has 0 saturated carbocycles. The average Bonchev–Trinajstić information content (AvgIpc) is 2.87. The van der Waals surface area contributed by atoms with Gasteiger partial charge in [0.05, 0.1) is 41.5 Å². The van der Waals surface area contributed by atoms with Crippen molar-refractivity contribution in [2.45, 2.75) is 6.42 Å². The van der Waals surface area contributed by atoms with Crippen LogP contribution in [0.2, 0.25) is 0 Å². The van der Waals surface area contributed by atoms with Crippen molar-refractivity contribution in [3.8, 4) is 23.0 Å². The molecule has 0 bridgehead atoms. The van der Waals surface area contributed by atoms with Gasteiger partial charge < -0.3 is 18.9 Å². The molecule has 0 atom stereocenters. The molecule has 2 aromatic rings.